The number of nitro benzene ring substituents is 1. The Morgan fingerprint density at radius 2 is 1.85 bits per heavy atom. The maximum Gasteiger partial charge on any atom is 0.293 e. The Kier molecular flexibility index (Phi) is 8.00. The fourth-order valence-electron chi connectivity index (χ4n) is 3.39. The van der Waals surface area contributed by atoms with Crippen LogP contribution in [0, 0.1) is 10.1 Å². The molecule has 2 N–H and O–H groups in total. The van der Waals surface area contributed by atoms with Crippen LogP contribution >= 0.6 is 0 Å². The summed E-state index contributed by atoms with van der Waals surface area (Å²) in [6.07, 6.45) is 7.73. The Bertz CT molecular complexity index is 731. The molecule has 1 aromatic rings. The van der Waals surface area contributed by atoms with Crippen molar-refractivity contribution >= 4 is 21.4 Å². The van der Waals surface area contributed by atoms with Crippen molar-refractivity contribution in [1.82, 2.24) is 4.72 Å². The molecule has 8 nitrogen and oxygen atoms in total. The number of anilines is 1. The maximum atomic E-state index is 12.5. The van der Waals surface area contributed by atoms with Crippen LogP contribution in [0.3, 0.4) is 0 Å². The van der Waals surface area contributed by atoms with E-state index < -0.39 is 21.0 Å². The number of ether oxygens (including phenoxy) is 1. The smallest absolute Gasteiger partial charge is 0.293 e. The predicted octanol–water partition coefficient (Wildman–Crippen LogP) is 3.43. The molecule has 0 saturated heterocycles. The SMILES string of the molecule is COC[C@@H](C)NS(=O)(=O)c1ccc(NC2CCCCCCC2)c([N+](=O)[O-])c1. The van der Waals surface area contributed by atoms with Crippen molar-refractivity contribution in [3.63, 3.8) is 0 Å². The molecule has 27 heavy (non-hydrogen) atoms. The molecule has 0 aromatic heterocycles. The first kappa shape index (κ1) is 21.6. The van der Waals surface area contributed by atoms with Crippen LogP contribution in [0.5, 0.6) is 0 Å². The molecule has 0 heterocycles. The van der Waals surface area contributed by atoms with Gasteiger partial charge >= 0.3 is 0 Å². The lowest BCUT2D eigenvalue weighted by Crippen LogP contribution is -2.35. The van der Waals surface area contributed by atoms with E-state index in [4.69, 9.17) is 4.74 Å². The number of hydrogen-bond acceptors (Lipinski definition) is 6. The normalized spacial score (nSPS) is 17.7. The number of nitrogens with one attached hydrogen (secondary N) is 2. The van der Waals surface area contributed by atoms with Crippen LogP contribution in [-0.2, 0) is 14.8 Å². The van der Waals surface area contributed by atoms with Gasteiger partial charge in [0.1, 0.15) is 5.69 Å². The Morgan fingerprint density at radius 3 is 2.44 bits per heavy atom. The second kappa shape index (κ2) is 10.0. The molecule has 0 unspecified atom stereocenters. The minimum atomic E-state index is -3.86. The van der Waals surface area contributed by atoms with E-state index in [1.165, 1.54) is 38.5 Å². The molecule has 1 saturated carbocycles. The van der Waals surface area contributed by atoms with Crippen molar-refractivity contribution in [2.24, 2.45) is 0 Å². The Hall–Kier alpha value is -1.71. The van der Waals surface area contributed by atoms with E-state index >= 15 is 0 Å². The number of nitrogens with zero attached hydrogens (tertiary/aromatic N) is 1. The second-order valence-electron chi connectivity index (χ2n) is 7.10. The molecule has 1 aliphatic carbocycles. The van der Waals surface area contributed by atoms with Crippen molar-refractivity contribution in [2.45, 2.75) is 68.8 Å². The predicted molar refractivity (Wildman–Crippen MR) is 104 cm³/mol. The lowest BCUT2D eigenvalue weighted by atomic mass is 9.96. The van der Waals surface area contributed by atoms with Crippen LogP contribution in [0.25, 0.3) is 0 Å². The highest BCUT2D eigenvalue weighted by Crippen LogP contribution is 2.30. The van der Waals surface area contributed by atoms with Crippen molar-refractivity contribution in [3.05, 3.63) is 28.3 Å². The van der Waals surface area contributed by atoms with Crippen molar-refractivity contribution in [2.75, 3.05) is 19.0 Å². The Balaban J connectivity index is 2.21. The number of nitro groups is 1. The summed E-state index contributed by atoms with van der Waals surface area (Å²) in [6.45, 7) is 1.88. The summed E-state index contributed by atoms with van der Waals surface area (Å²) in [7, 11) is -2.38. The van der Waals surface area contributed by atoms with Crippen molar-refractivity contribution in [1.29, 1.82) is 0 Å². The molecule has 9 heteroatoms. The third kappa shape index (κ3) is 6.44. The molecule has 0 aliphatic heterocycles. The minimum Gasteiger partial charge on any atom is -0.383 e. The lowest BCUT2D eigenvalue weighted by Gasteiger charge is -2.22. The molecule has 1 aliphatic rings. The van der Waals surface area contributed by atoms with Gasteiger partial charge in [-0.2, -0.15) is 0 Å². The van der Waals surface area contributed by atoms with Gasteiger partial charge in [-0.05, 0) is 31.9 Å². The van der Waals surface area contributed by atoms with Gasteiger partial charge in [-0.3, -0.25) is 10.1 Å². The first-order chi connectivity index (χ1) is 12.8. The molecule has 1 fully saturated rings. The standard InChI is InChI=1S/C18H29N3O5S/c1-14(13-26-2)20-27(24,25)16-10-11-17(18(12-16)21(22)23)19-15-8-6-4-3-5-7-9-15/h10-12,14-15,19-20H,3-9,13H2,1-2H3/t14-/m1/s1. The number of benzene rings is 1. The second-order valence-corrected chi connectivity index (χ2v) is 8.81. The number of methoxy groups -OCH3 is 1. The van der Waals surface area contributed by atoms with Gasteiger partial charge in [0.2, 0.25) is 10.0 Å². The van der Waals surface area contributed by atoms with E-state index in [-0.39, 0.29) is 23.2 Å². The largest absolute Gasteiger partial charge is 0.383 e. The first-order valence-corrected chi connectivity index (χ1v) is 10.9. The molecule has 0 amide bonds. The van der Waals surface area contributed by atoms with Gasteiger partial charge in [0.05, 0.1) is 16.4 Å². The van der Waals surface area contributed by atoms with E-state index in [1.807, 2.05) is 0 Å². The van der Waals surface area contributed by atoms with Gasteiger partial charge < -0.3 is 10.1 Å². The van der Waals surface area contributed by atoms with E-state index in [9.17, 15) is 18.5 Å². The molecule has 1 atom stereocenters. The van der Waals surface area contributed by atoms with Gasteiger partial charge in [0, 0.05) is 25.3 Å². The summed E-state index contributed by atoms with van der Waals surface area (Å²) in [4.78, 5) is 10.9. The molecule has 0 radical (unpaired) electrons. The Morgan fingerprint density at radius 1 is 1.22 bits per heavy atom. The van der Waals surface area contributed by atoms with Crippen molar-refractivity contribution < 1.29 is 18.1 Å². The topological polar surface area (TPSA) is 111 Å². The molecule has 152 valence electrons. The number of rotatable bonds is 8. The van der Waals surface area contributed by atoms with E-state index in [1.54, 1.807) is 6.92 Å². The summed E-state index contributed by atoms with van der Waals surface area (Å²) in [5.74, 6) is 0. The van der Waals surface area contributed by atoms with E-state index in [0.717, 1.165) is 31.7 Å². The van der Waals surface area contributed by atoms with Gasteiger partial charge in [-0.15, -0.1) is 0 Å². The maximum absolute atomic E-state index is 12.5. The molecule has 1 aromatic carbocycles. The van der Waals surface area contributed by atoms with Gasteiger partial charge in [0.25, 0.3) is 5.69 Å². The zero-order valence-electron chi connectivity index (χ0n) is 15.9. The zero-order valence-corrected chi connectivity index (χ0v) is 16.8. The minimum absolute atomic E-state index is 0.125. The Labute approximate surface area is 160 Å². The van der Waals surface area contributed by atoms with Crippen LogP contribution in [0.1, 0.15) is 51.9 Å². The first-order valence-electron chi connectivity index (χ1n) is 9.39. The zero-order chi connectivity index (χ0) is 19.9. The average Bonchev–Trinajstić information content (AvgIpc) is 2.56. The van der Waals surface area contributed by atoms with Crippen molar-refractivity contribution in [3.8, 4) is 0 Å². The summed E-state index contributed by atoms with van der Waals surface area (Å²) >= 11 is 0. The average molecular weight is 400 g/mol. The highest BCUT2D eigenvalue weighted by Gasteiger charge is 2.24. The third-order valence-corrected chi connectivity index (χ3v) is 6.30. The monoisotopic (exact) mass is 399 g/mol. The van der Waals surface area contributed by atoms with Crippen LogP contribution in [0.4, 0.5) is 11.4 Å². The van der Waals surface area contributed by atoms with Crippen LogP contribution in [0.2, 0.25) is 0 Å². The molecule has 2 rings (SSSR count). The molecule has 0 bridgehead atoms. The third-order valence-electron chi connectivity index (χ3n) is 4.71. The summed E-state index contributed by atoms with van der Waals surface area (Å²) < 4.78 is 32.3. The molecular formula is C18H29N3O5S. The highest BCUT2D eigenvalue weighted by molar-refractivity contribution is 7.89. The summed E-state index contributed by atoms with van der Waals surface area (Å²) in [6, 6.07) is 3.75. The molecular weight excluding hydrogens is 370 g/mol. The summed E-state index contributed by atoms with van der Waals surface area (Å²) in [5, 5.41) is 14.8. The van der Waals surface area contributed by atoms with Gasteiger partial charge in [0.15, 0.2) is 0 Å². The fraction of sp³-hybridized carbons (Fsp3) is 0.667. The van der Waals surface area contributed by atoms with E-state index in [2.05, 4.69) is 10.0 Å². The van der Waals surface area contributed by atoms with Crippen LogP contribution in [0.15, 0.2) is 23.1 Å². The lowest BCUT2D eigenvalue weighted by molar-refractivity contribution is -0.384. The molecule has 0 spiro atoms. The highest BCUT2D eigenvalue weighted by atomic mass is 32.2. The quantitative estimate of drug-likeness (QED) is 0.512. The van der Waals surface area contributed by atoms with Crippen LogP contribution < -0.4 is 10.0 Å². The number of hydrogen-bond donors (Lipinski definition) is 2. The summed E-state index contributed by atoms with van der Waals surface area (Å²) in [5.41, 5.74) is 0.147. The van der Waals surface area contributed by atoms with Gasteiger partial charge in [-0.1, -0.05) is 32.1 Å². The number of sulfonamides is 1. The van der Waals surface area contributed by atoms with Crippen LogP contribution in [-0.4, -0.2) is 39.1 Å². The van der Waals surface area contributed by atoms with Gasteiger partial charge in [-0.25, -0.2) is 13.1 Å². The van der Waals surface area contributed by atoms with E-state index in [0.29, 0.717) is 5.69 Å². The fourth-order valence-corrected chi connectivity index (χ4v) is 4.64.